The van der Waals surface area contributed by atoms with E-state index in [9.17, 15) is 30.0 Å². The minimum atomic E-state index is -1.63. The molecule has 3 aromatic carbocycles. The van der Waals surface area contributed by atoms with Crippen molar-refractivity contribution in [2.45, 2.75) is 43.1 Å². The number of carbonyl (C=O) groups excluding carboxylic acids is 1. The number of aliphatic hydroxyl groups excluding tert-OH is 4. The van der Waals surface area contributed by atoms with E-state index in [0.717, 1.165) is 5.56 Å². The van der Waals surface area contributed by atoms with E-state index in [0.29, 0.717) is 40.1 Å². The first-order valence-corrected chi connectivity index (χ1v) is 14.0. The van der Waals surface area contributed by atoms with Crippen LogP contribution in [0.25, 0.3) is 11.0 Å². The second-order valence-electron chi connectivity index (χ2n) is 10.6. The standard InChI is InChI=1S/C32H31N3O9/c1-42-21-11-12-25-19(13-21)14-22(31(40)43-25)23-15-24(17-5-3-2-4-6-17)35(34-23)20-9-7-18(8-10-20)30(39)33-27-29(38)28(37)26(16-36)44-32(27)41/h2-14,24,26-29,32,36-38,41H,15-16H2,1H3,(H,33,39)/t24?,26-,27-,28-,29-,32?/m1/s1. The third-order valence-electron chi connectivity index (χ3n) is 7.94. The van der Waals surface area contributed by atoms with Gasteiger partial charge in [0, 0.05) is 17.4 Å². The maximum Gasteiger partial charge on any atom is 0.345 e. The van der Waals surface area contributed by atoms with Crippen molar-refractivity contribution >= 4 is 28.3 Å². The number of hydrogen-bond acceptors (Lipinski definition) is 11. The second-order valence-corrected chi connectivity index (χ2v) is 10.6. The Morgan fingerprint density at radius 3 is 2.48 bits per heavy atom. The van der Waals surface area contributed by atoms with Crippen molar-refractivity contribution in [2.75, 3.05) is 18.7 Å². The minimum absolute atomic E-state index is 0.218. The number of nitrogens with zero attached hydrogens (tertiary/aromatic N) is 2. The molecule has 228 valence electrons. The molecule has 6 rings (SSSR count). The van der Waals surface area contributed by atoms with Crippen molar-refractivity contribution in [2.24, 2.45) is 5.10 Å². The van der Waals surface area contributed by atoms with Crippen molar-refractivity contribution < 1.29 is 39.1 Å². The summed E-state index contributed by atoms with van der Waals surface area (Å²) in [5.74, 6) is 0.0106. The van der Waals surface area contributed by atoms with Crippen LogP contribution in [0.4, 0.5) is 5.69 Å². The Hall–Kier alpha value is -4.59. The molecule has 1 fully saturated rings. The van der Waals surface area contributed by atoms with Crippen molar-refractivity contribution in [3.8, 4) is 5.75 Å². The van der Waals surface area contributed by atoms with Crippen LogP contribution in [0.3, 0.4) is 0 Å². The Bertz CT molecular complexity index is 1740. The summed E-state index contributed by atoms with van der Waals surface area (Å²) in [6, 6.07) is 21.6. The molecule has 0 aliphatic carbocycles. The quantitative estimate of drug-likeness (QED) is 0.196. The maximum absolute atomic E-state index is 13.0. The van der Waals surface area contributed by atoms with Gasteiger partial charge in [-0.25, -0.2) is 4.79 Å². The van der Waals surface area contributed by atoms with Crippen LogP contribution in [-0.2, 0) is 4.74 Å². The first kappa shape index (κ1) is 29.5. The van der Waals surface area contributed by atoms with E-state index in [2.05, 4.69) is 5.32 Å². The Morgan fingerprint density at radius 1 is 1.02 bits per heavy atom. The van der Waals surface area contributed by atoms with Crippen LogP contribution >= 0.6 is 0 Å². The lowest BCUT2D eigenvalue weighted by molar-refractivity contribution is -0.252. The van der Waals surface area contributed by atoms with Gasteiger partial charge in [-0.2, -0.15) is 5.10 Å². The lowest BCUT2D eigenvalue weighted by Gasteiger charge is -2.40. The molecule has 0 spiro atoms. The third-order valence-corrected chi connectivity index (χ3v) is 7.94. The van der Waals surface area contributed by atoms with E-state index >= 15 is 0 Å². The number of fused-ring (bicyclic) bond motifs is 1. The number of nitrogens with one attached hydrogen (secondary N) is 1. The molecule has 4 aromatic rings. The monoisotopic (exact) mass is 601 g/mol. The van der Waals surface area contributed by atoms with Gasteiger partial charge in [0.2, 0.25) is 0 Å². The zero-order valence-electron chi connectivity index (χ0n) is 23.6. The van der Waals surface area contributed by atoms with Crippen molar-refractivity contribution in [3.63, 3.8) is 0 Å². The highest BCUT2D eigenvalue weighted by molar-refractivity contribution is 6.04. The molecule has 6 atom stereocenters. The highest BCUT2D eigenvalue weighted by Crippen LogP contribution is 2.37. The van der Waals surface area contributed by atoms with Crippen molar-refractivity contribution in [1.82, 2.24) is 5.32 Å². The Kier molecular flexibility index (Phi) is 8.17. The fourth-order valence-corrected chi connectivity index (χ4v) is 5.53. The molecule has 1 amide bonds. The molecule has 12 nitrogen and oxygen atoms in total. The van der Waals surface area contributed by atoms with Gasteiger partial charge in [0.05, 0.1) is 36.7 Å². The van der Waals surface area contributed by atoms with Gasteiger partial charge in [0.1, 0.15) is 35.7 Å². The SMILES string of the molecule is COc1ccc2oc(=O)c(C3=NN(c4ccc(C(=O)N[C@H]5C(O)O[C@H](CO)[C@@H](O)[C@@H]5O)cc4)C(c4ccccc4)C3)cc2c1. The molecule has 0 bridgehead atoms. The number of aliphatic hydroxyl groups is 4. The summed E-state index contributed by atoms with van der Waals surface area (Å²) in [4.78, 5) is 26.0. The summed E-state index contributed by atoms with van der Waals surface area (Å²) in [6.45, 7) is -0.609. The molecule has 1 saturated heterocycles. The van der Waals surface area contributed by atoms with E-state index in [-0.39, 0.29) is 11.6 Å². The molecule has 1 aromatic heterocycles. The summed E-state index contributed by atoms with van der Waals surface area (Å²) in [6.07, 6.45) is -5.45. The second kappa shape index (κ2) is 12.2. The van der Waals surface area contributed by atoms with Crippen LogP contribution in [0.15, 0.2) is 93.2 Å². The molecule has 0 saturated carbocycles. The van der Waals surface area contributed by atoms with Gasteiger partial charge < -0.3 is 39.6 Å². The predicted molar refractivity (Wildman–Crippen MR) is 160 cm³/mol. The average Bonchev–Trinajstić information content (AvgIpc) is 3.50. The van der Waals surface area contributed by atoms with Crippen LogP contribution in [0.2, 0.25) is 0 Å². The summed E-state index contributed by atoms with van der Waals surface area (Å²) >= 11 is 0. The fourth-order valence-electron chi connectivity index (χ4n) is 5.53. The minimum Gasteiger partial charge on any atom is -0.497 e. The van der Waals surface area contributed by atoms with Gasteiger partial charge in [0.25, 0.3) is 5.91 Å². The normalized spacial score (nSPS) is 25.1. The van der Waals surface area contributed by atoms with Crippen LogP contribution in [-0.4, -0.2) is 76.4 Å². The van der Waals surface area contributed by atoms with E-state index in [4.69, 9.17) is 19.0 Å². The number of rotatable bonds is 7. The summed E-state index contributed by atoms with van der Waals surface area (Å²) < 4.78 is 16.0. The third kappa shape index (κ3) is 5.56. The Labute approximate surface area is 251 Å². The number of hydrogen-bond donors (Lipinski definition) is 5. The largest absolute Gasteiger partial charge is 0.497 e. The average molecular weight is 602 g/mol. The predicted octanol–water partition coefficient (Wildman–Crippen LogP) is 1.69. The number of benzene rings is 3. The number of anilines is 1. The molecule has 2 unspecified atom stereocenters. The molecular formula is C32H31N3O9. The van der Waals surface area contributed by atoms with E-state index < -0.39 is 48.8 Å². The van der Waals surface area contributed by atoms with Gasteiger partial charge in [-0.15, -0.1) is 0 Å². The fraction of sp³-hybridized carbons (Fsp3) is 0.281. The molecule has 5 N–H and O–H groups in total. The van der Waals surface area contributed by atoms with Crippen molar-refractivity contribution in [3.05, 3.63) is 106 Å². The number of methoxy groups -OCH3 is 1. The first-order chi connectivity index (χ1) is 21.3. The lowest BCUT2D eigenvalue weighted by atomic mass is 9.96. The first-order valence-electron chi connectivity index (χ1n) is 14.0. The van der Waals surface area contributed by atoms with Crippen LogP contribution in [0, 0.1) is 0 Å². The van der Waals surface area contributed by atoms with E-state index in [1.807, 2.05) is 30.3 Å². The number of hydrazone groups is 1. The summed E-state index contributed by atoms with van der Waals surface area (Å²) in [5, 5.41) is 49.8. The van der Waals surface area contributed by atoms with Gasteiger partial charge >= 0.3 is 5.63 Å². The highest BCUT2D eigenvalue weighted by atomic mass is 16.6. The van der Waals surface area contributed by atoms with Crippen LogP contribution in [0.5, 0.6) is 5.75 Å². The van der Waals surface area contributed by atoms with Gasteiger partial charge in [-0.05, 0) is 54.1 Å². The van der Waals surface area contributed by atoms with E-state index in [1.165, 1.54) is 0 Å². The van der Waals surface area contributed by atoms with E-state index in [1.54, 1.807) is 60.6 Å². The molecule has 12 heteroatoms. The smallest absolute Gasteiger partial charge is 0.345 e. The Morgan fingerprint density at radius 2 is 1.77 bits per heavy atom. The lowest BCUT2D eigenvalue weighted by Crippen LogP contribution is -2.64. The summed E-state index contributed by atoms with van der Waals surface area (Å²) in [7, 11) is 1.56. The maximum atomic E-state index is 13.0. The number of ether oxygens (including phenoxy) is 2. The number of amides is 1. The number of carbonyl (C=O) groups is 1. The van der Waals surface area contributed by atoms with Gasteiger partial charge in [-0.3, -0.25) is 9.80 Å². The van der Waals surface area contributed by atoms with Gasteiger partial charge in [0.15, 0.2) is 6.29 Å². The van der Waals surface area contributed by atoms with Crippen LogP contribution in [0.1, 0.15) is 33.9 Å². The zero-order valence-corrected chi connectivity index (χ0v) is 23.6. The summed E-state index contributed by atoms with van der Waals surface area (Å²) in [5.41, 5.74) is 2.65. The highest BCUT2D eigenvalue weighted by Gasteiger charge is 2.44. The van der Waals surface area contributed by atoms with Crippen LogP contribution < -0.4 is 20.7 Å². The molecule has 2 aliphatic rings. The van der Waals surface area contributed by atoms with Crippen molar-refractivity contribution in [1.29, 1.82) is 0 Å². The molecular weight excluding hydrogens is 570 g/mol. The molecule has 3 heterocycles. The van der Waals surface area contributed by atoms with Gasteiger partial charge in [-0.1, -0.05) is 30.3 Å². The molecule has 2 aliphatic heterocycles. The molecule has 0 radical (unpaired) electrons. The zero-order chi connectivity index (χ0) is 31.0. The topological polar surface area (TPSA) is 174 Å². The molecule has 44 heavy (non-hydrogen) atoms. The Balaban J connectivity index is 1.28.